The van der Waals surface area contributed by atoms with Gasteiger partial charge in [0.25, 0.3) is 5.97 Å². The summed E-state index contributed by atoms with van der Waals surface area (Å²) in [4.78, 5) is 35.9. The number of benzene rings is 1. The van der Waals surface area contributed by atoms with Crippen LogP contribution in [-0.2, 0) is 20.8 Å². The molecular formula is C19H28N4O4. The first-order valence-electron chi connectivity index (χ1n) is 8.71. The Hall–Kier alpha value is -2.87. The number of rotatable bonds is 7. The number of para-hydroxylation sites is 1. The predicted molar refractivity (Wildman–Crippen MR) is 104 cm³/mol. The van der Waals surface area contributed by atoms with Crippen LogP contribution in [0.15, 0.2) is 30.5 Å². The molecule has 0 spiro atoms. The highest BCUT2D eigenvalue weighted by atomic mass is 16.4. The van der Waals surface area contributed by atoms with Crippen molar-refractivity contribution in [1.82, 2.24) is 10.3 Å². The van der Waals surface area contributed by atoms with Gasteiger partial charge in [-0.1, -0.05) is 32.0 Å². The normalized spacial score (nSPS) is 12.8. The summed E-state index contributed by atoms with van der Waals surface area (Å²) in [5, 5.41) is 11.1. The minimum Gasteiger partial charge on any atom is -0.481 e. The lowest BCUT2D eigenvalue weighted by Crippen LogP contribution is -2.51. The van der Waals surface area contributed by atoms with Gasteiger partial charge < -0.3 is 26.9 Å². The van der Waals surface area contributed by atoms with Gasteiger partial charge >= 0.3 is 0 Å². The molecule has 0 aliphatic heterocycles. The molecular weight excluding hydrogens is 348 g/mol. The van der Waals surface area contributed by atoms with E-state index in [9.17, 15) is 9.59 Å². The lowest BCUT2D eigenvalue weighted by molar-refractivity contribution is -0.134. The van der Waals surface area contributed by atoms with Gasteiger partial charge in [0.05, 0.1) is 6.04 Å². The lowest BCUT2D eigenvalue weighted by Gasteiger charge is -2.20. The third-order valence-electron chi connectivity index (χ3n) is 3.82. The standard InChI is InChI=1S/C17H24N4O2.C2H4O2/c1-10(2)7-15(16(19)22)21-17(23)13(18)8-11-9-20-14-6-4-3-5-12(11)14;1-2(3)4/h3-6,9-10,13,15,20H,7-8,18H2,1-2H3,(H2,19,22)(H,21,23);1H3,(H,3,4)/t13?,15-;/m0./s1. The number of carboxylic acid groups (broad SMARTS) is 1. The Morgan fingerprint density at radius 2 is 1.81 bits per heavy atom. The molecule has 8 nitrogen and oxygen atoms in total. The van der Waals surface area contributed by atoms with Crippen molar-refractivity contribution in [2.75, 3.05) is 0 Å². The van der Waals surface area contributed by atoms with E-state index in [0.717, 1.165) is 23.4 Å². The highest BCUT2D eigenvalue weighted by Gasteiger charge is 2.23. The fourth-order valence-corrected chi connectivity index (χ4v) is 2.63. The van der Waals surface area contributed by atoms with Crippen LogP contribution in [-0.4, -0.2) is 40.0 Å². The number of aromatic amines is 1. The van der Waals surface area contributed by atoms with Crippen LogP contribution in [0.1, 0.15) is 32.8 Å². The van der Waals surface area contributed by atoms with E-state index in [1.807, 2.05) is 44.3 Å². The largest absolute Gasteiger partial charge is 0.481 e. The summed E-state index contributed by atoms with van der Waals surface area (Å²) in [6.07, 6.45) is 2.75. The molecule has 27 heavy (non-hydrogen) atoms. The first-order valence-corrected chi connectivity index (χ1v) is 8.71. The van der Waals surface area contributed by atoms with Crippen molar-refractivity contribution >= 4 is 28.7 Å². The molecule has 1 aromatic heterocycles. The van der Waals surface area contributed by atoms with E-state index < -0.39 is 24.0 Å². The quantitative estimate of drug-likeness (QED) is 0.491. The fourth-order valence-electron chi connectivity index (χ4n) is 2.63. The Morgan fingerprint density at radius 3 is 2.37 bits per heavy atom. The number of aliphatic carboxylic acids is 1. The maximum absolute atomic E-state index is 12.2. The molecule has 7 N–H and O–H groups in total. The molecule has 0 bridgehead atoms. The molecule has 2 atom stereocenters. The van der Waals surface area contributed by atoms with E-state index in [1.165, 1.54) is 0 Å². The SMILES string of the molecule is CC(=O)O.CC(C)C[C@H](NC(=O)C(N)Cc1c[nH]c2ccccc12)C(N)=O. The Morgan fingerprint density at radius 1 is 1.22 bits per heavy atom. The average molecular weight is 376 g/mol. The monoisotopic (exact) mass is 376 g/mol. The minimum absolute atomic E-state index is 0.248. The van der Waals surface area contributed by atoms with Crippen molar-refractivity contribution in [3.63, 3.8) is 0 Å². The first-order chi connectivity index (χ1) is 12.6. The molecule has 2 rings (SSSR count). The van der Waals surface area contributed by atoms with Crippen LogP contribution in [0.2, 0.25) is 0 Å². The number of fused-ring (bicyclic) bond motifs is 1. The zero-order valence-corrected chi connectivity index (χ0v) is 15.9. The highest BCUT2D eigenvalue weighted by Crippen LogP contribution is 2.18. The minimum atomic E-state index is -0.833. The average Bonchev–Trinajstić information content (AvgIpc) is 2.96. The van der Waals surface area contributed by atoms with Crippen molar-refractivity contribution < 1.29 is 19.5 Å². The van der Waals surface area contributed by atoms with E-state index in [2.05, 4.69) is 10.3 Å². The number of aromatic nitrogens is 1. The Bertz CT molecular complexity index is 781. The van der Waals surface area contributed by atoms with E-state index >= 15 is 0 Å². The van der Waals surface area contributed by atoms with Crippen molar-refractivity contribution in [3.8, 4) is 0 Å². The molecule has 8 heteroatoms. The fraction of sp³-hybridized carbons (Fsp3) is 0.421. The van der Waals surface area contributed by atoms with Gasteiger partial charge in [0.2, 0.25) is 11.8 Å². The summed E-state index contributed by atoms with van der Waals surface area (Å²) in [5.41, 5.74) is 13.3. The Labute approximate surface area is 158 Å². The van der Waals surface area contributed by atoms with Gasteiger partial charge in [0.15, 0.2) is 0 Å². The second-order valence-corrected chi connectivity index (χ2v) is 6.78. The van der Waals surface area contributed by atoms with Crippen LogP contribution in [0.25, 0.3) is 10.9 Å². The van der Waals surface area contributed by atoms with Gasteiger partial charge in [-0.25, -0.2) is 0 Å². The van der Waals surface area contributed by atoms with Crippen molar-refractivity contribution in [3.05, 3.63) is 36.0 Å². The van der Waals surface area contributed by atoms with E-state index in [0.29, 0.717) is 12.8 Å². The molecule has 0 aliphatic carbocycles. The van der Waals surface area contributed by atoms with E-state index in [4.69, 9.17) is 21.4 Å². The number of carboxylic acids is 1. The Balaban J connectivity index is 0.000000828. The molecule has 0 aliphatic rings. The second kappa shape index (κ2) is 10.3. The van der Waals surface area contributed by atoms with Crippen LogP contribution in [0.3, 0.4) is 0 Å². The smallest absolute Gasteiger partial charge is 0.300 e. The summed E-state index contributed by atoms with van der Waals surface area (Å²) in [7, 11) is 0. The third kappa shape index (κ3) is 7.49. The highest BCUT2D eigenvalue weighted by molar-refractivity contribution is 5.90. The molecule has 148 valence electrons. The van der Waals surface area contributed by atoms with Crippen LogP contribution >= 0.6 is 0 Å². The maximum Gasteiger partial charge on any atom is 0.300 e. The summed E-state index contributed by atoms with van der Waals surface area (Å²) >= 11 is 0. The summed E-state index contributed by atoms with van der Waals surface area (Å²) in [6.45, 7) is 5.02. The molecule has 2 amide bonds. The molecule has 2 aromatic rings. The van der Waals surface area contributed by atoms with Gasteiger partial charge in [-0.15, -0.1) is 0 Å². The zero-order chi connectivity index (χ0) is 20.6. The van der Waals surface area contributed by atoms with Gasteiger partial charge in [-0.3, -0.25) is 14.4 Å². The molecule has 1 heterocycles. The number of amides is 2. The zero-order valence-electron chi connectivity index (χ0n) is 15.9. The topological polar surface area (TPSA) is 151 Å². The number of nitrogens with two attached hydrogens (primary N) is 2. The van der Waals surface area contributed by atoms with Crippen molar-refractivity contribution in [2.45, 2.75) is 45.7 Å². The number of H-pyrrole nitrogens is 1. The second-order valence-electron chi connectivity index (χ2n) is 6.78. The number of hydrogen-bond donors (Lipinski definition) is 5. The maximum atomic E-state index is 12.2. The molecule has 1 unspecified atom stereocenters. The van der Waals surface area contributed by atoms with Crippen LogP contribution in [0.4, 0.5) is 0 Å². The lowest BCUT2D eigenvalue weighted by atomic mass is 10.0. The number of primary amides is 1. The van der Waals surface area contributed by atoms with Crippen LogP contribution in [0.5, 0.6) is 0 Å². The number of nitrogens with one attached hydrogen (secondary N) is 2. The van der Waals surface area contributed by atoms with Gasteiger partial charge in [0, 0.05) is 24.0 Å². The van der Waals surface area contributed by atoms with Crippen molar-refractivity contribution in [1.29, 1.82) is 0 Å². The van der Waals surface area contributed by atoms with E-state index in [-0.39, 0.29) is 11.8 Å². The third-order valence-corrected chi connectivity index (χ3v) is 3.82. The number of hydrogen-bond acceptors (Lipinski definition) is 4. The van der Waals surface area contributed by atoms with Crippen LogP contribution < -0.4 is 16.8 Å². The van der Waals surface area contributed by atoms with E-state index in [1.54, 1.807) is 0 Å². The first kappa shape index (κ1) is 22.2. The van der Waals surface area contributed by atoms with Gasteiger partial charge in [-0.05, 0) is 30.4 Å². The summed E-state index contributed by atoms with van der Waals surface area (Å²) in [5.74, 6) is -1.48. The molecule has 0 saturated carbocycles. The summed E-state index contributed by atoms with van der Waals surface area (Å²) in [6, 6.07) is 6.42. The molecule has 0 fully saturated rings. The van der Waals surface area contributed by atoms with Gasteiger partial charge in [-0.2, -0.15) is 0 Å². The summed E-state index contributed by atoms with van der Waals surface area (Å²) < 4.78 is 0. The molecule has 1 aromatic carbocycles. The molecule has 0 saturated heterocycles. The Kier molecular flexibility index (Phi) is 8.47. The van der Waals surface area contributed by atoms with Crippen LogP contribution in [0, 0.1) is 5.92 Å². The van der Waals surface area contributed by atoms with Crippen molar-refractivity contribution in [2.24, 2.45) is 17.4 Å². The van der Waals surface area contributed by atoms with Gasteiger partial charge in [0.1, 0.15) is 6.04 Å². The number of carbonyl (C=O) groups is 3. The number of carbonyl (C=O) groups excluding carboxylic acids is 2. The molecule has 0 radical (unpaired) electrons. The predicted octanol–water partition coefficient (Wildman–Crippen LogP) is 1.14.